The van der Waals surface area contributed by atoms with Gasteiger partial charge in [0, 0.05) is 13.1 Å². The van der Waals surface area contributed by atoms with Crippen molar-refractivity contribution < 1.29 is 14.3 Å². The third-order valence-electron chi connectivity index (χ3n) is 5.54. The van der Waals surface area contributed by atoms with Crippen LogP contribution in [0, 0.1) is 10.8 Å². The van der Waals surface area contributed by atoms with Crippen molar-refractivity contribution in [3.8, 4) is 0 Å². The van der Waals surface area contributed by atoms with E-state index in [1.807, 2.05) is 32.8 Å². The molecule has 0 aliphatic carbocycles. The molecule has 3 aliphatic heterocycles. The lowest BCUT2D eigenvalue weighted by molar-refractivity contribution is -0.145. The third-order valence-corrected chi connectivity index (χ3v) is 5.54. The van der Waals surface area contributed by atoms with Crippen LogP contribution in [0.15, 0.2) is 0 Å². The van der Waals surface area contributed by atoms with Crippen LogP contribution in [0.3, 0.4) is 0 Å². The highest BCUT2D eigenvalue weighted by atomic mass is 16.5. The Hall–Kier alpha value is -0.940. The van der Waals surface area contributed by atoms with E-state index >= 15 is 0 Å². The average Bonchev–Trinajstić information content (AvgIpc) is 2.95. The highest BCUT2D eigenvalue weighted by molar-refractivity contribution is 6.10. The first-order chi connectivity index (χ1) is 8.83. The number of ether oxygens (including phenoxy) is 1. The van der Waals surface area contributed by atoms with E-state index in [2.05, 4.69) is 0 Å². The molecule has 0 aromatic heterocycles. The van der Waals surface area contributed by atoms with Crippen LogP contribution in [0.1, 0.15) is 26.7 Å². The minimum absolute atomic E-state index is 0.0333. The van der Waals surface area contributed by atoms with Crippen LogP contribution in [0.2, 0.25) is 0 Å². The molecule has 5 heteroatoms. The summed E-state index contributed by atoms with van der Waals surface area (Å²) in [5, 5.41) is 0. The smallest absolute Gasteiger partial charge is 0.238 e. The molecule has 5 nitrogen and oxygen atoms in total. The Bertz CT molecular complexity index is 416. The van der Waals surface area contributed by atoms with E-state index in [1.165, 1.54) is 4.90 Å². The van der Waals surface area contributed by atoms with Gasteiger partial charge in [-0.3, -0.25) is 14.5 Å². The molecule has 0 spiro atoms. The third kappa shape index (κ3) is 1.32. The SMILES string of the molecule is CN(C)CCN1C(=O)[C@@]2(C)[C@@H]3CC[C@H](O3)[C@@]2(C)C1=O. The van der Waals surface area contributed by atoms with Gasteiger partial charge in [0.1, 0.15) is 0 Å². The van der Waals surface area contributed by atoms with Gasteiger partial charge in [0.2, 0.25) is 11.8 Å². The number of imide groups is 1. The first-order valence-electron chi connectivity index (χ1n) is 7.00. The number of carbonyl (C=O) groups is 2. The van der Waals surface area contributed by atoms with Crippen molar-refractivity contribution in [1.29, 1.82) is 0 Å². The summed E-state index contributed by atoms with van der Waals surface area (Å²) in [4.78, 5) is 28.9. The molecule has 0 N–H and O–H groups in total. The normalized spacial score (nSPS) is 44.6. The predicted octanol–water partition coefficient (Wildman–Crippen LogP) is 0.491. The first-order valence-corrected chi connectivity index (χ1v) is 7.00. The first kappa shape index (κ1) is 13.1. The van der Waals surface area contributed by atoms with E-state index in [9.17, 15) is 9.59 Å². The minimum atomic E-state index is -0.653. The summed E-state index contributed by atoms with van der Waals surface area (Å²) in [5.74, 6) is -0.0666. The second-order valence-corrected chi connectivity index (χ2v) is 6.66. The molecule has 0 unspecified atom stereocenters. The van der Waals surface area contributed by atoms with E-state index in [-0.39, 0.29) is 24.0 Å². The van der Waals surface area contributed by atoms with Crippen LogP contribution >= 0.6 is 0 Å². The lowest BCUT2D eigenvalue weighted by Crippen LogP contribution is -2.48. The monoisotopic (exact) mass is 266 g/mol. The van der Waals surface area contributed by atoms with Crippen LogP contribution < -0.4 is 0 Å². The summed E-state index contributed by atoms with van der Waals surface area (Å²) in [6, 6.07) is 0. The summed E-state index contributed by atoms with van der Waals surface area (Å²) in [5.41, 5.74) is -1.31. The number of nitrogens with zero attached hydrogens (tertiary/aromatic N) is 2. The quantitative estimate of drug-likeness (QED) is 0.698. The van der Waals surface area contributed by atoms with Crippen LogP contribution in [0.4, 0.5) is 0 Å². The molecule has 3 saturated heterocycles. The Morgan fingerprint density at radius 3 is 2.05 bits per heavy atom. The average molecular weight is 266 g/mol. The molecule has 3 fully saturated rings. The van der Waals surface area contributed by atoms with E-state index in [1.54, 1.807) is 0 Å². The molecule has 0 saturated carbocycles. The number of carbonyl (C=O) groups excluding carboxylic acids is 2. The van der Waals surface area contributed by atoms with Crippen molar-refractivity contribution in [1.82, 2.24) is 9.80 Å². The number of fused-ring (bicyclic) bond motifs is 5. The van der Waals surface area contributed by atoms with Crippen molar-refractivity contribution in [3.05, 3.63) is 0 Å². The van der Waals surface area contributed by atoms with Gasteiger partial charge in [-0.2, -0.15) is 0 Å². The molecule has 4 atom stereocenters. The molecule has 0 radical (unpaired) electrons. The maximum Gasteiger partial charge on any atom is 0.238 e. The van der Waals surface area contributed by atoms with Gasteiger partial charge >= 0.3 is 0 Å². The molecule has 19 heavy (non-hydrogen) atoms. The van der Waals surface area contributed by atoms with Crippen molar-refractivity contribution in [3.63, 3.8) is 0 Å². The largest absolute Gasteiger partial charge is 0.373 e. The van der Waals surface area contributed by atoms with Crippen LogP contribution in [-0.4, -0.2) is 61.0 Å². The lowest BCUT2D eigenvalue weighted by atomic mass is 9.59. The maximum absolute atomic E-state index is 12.7. The van der Waals surface area contributed by atoms with Crippen molar-refractivity contribution in [2.24, 2.45) is 10.8 Å². The van der Waals surface area contributed by atoms with Crippen molar-refractivity contribution >= 4 is 11.8 Å². The molecular formula is C14H22N2O3. The van der Waals surface area contributed by atoms with Gasteiger partial charge in [-0.15, -0.1) is 0 Å². The Morgan fingerprint density at radius 1 is 1.16 bits per heavy atom. The minimum Gasteiger partial charge on any atom is -0.373 e. The van der Waals surface area contributed by atoms with E-state index < -0.39 is 10.8 Å². The highest BCUT2D eigenvalue weighted by Crippen LogP contribution is 2.64. The molecule has 3 rings (SSSR count). The second-order valence-electron chi connectivity index (χ2n) is 6.66. The van der Waals surface area contributed by atoms with E-state index in [4.69, 9.17) is 4.74 Å². The highest BCUT2D eigenvalue weighted by Gasteiger charge is 2.76. The predicted molar refractivity (Wildman–Crippen MR) is 69.4 cm³/mol. The number of hydrogen-bond donors (Lipinski definition) is 0. The fourth-order valence-corrected chi connectivity index (χ4v) is 4.03. The zero-order chi connectivity index (χ0) is 14.0. The molecule has 3 aliphatic rings. The van der Waals surface area contributed by atoms with Crippen LogP contribution in [-0.2, 0) is 14.3 Å². The molecule has 2 amide bonds. The topological polar surface area (TPSA) is 49.9 Å². The molecule has 3 heterocycles. The van der Waals surface area contributed by atoms with Gasteiger partial charge < -0.3 is 9.64 Å². The van der Waals surface area contributed by atoms with Crippen LogP contribution in [0.25, 0.3) is 0 Å². The van der Waals surface area contributed by atoms with Gasteiger partial charge in [0.15, 0.2) is 0 Å². The Balaban J connectivity index is 1.94. The summed E-state index contributed by atoms with van der Waals surface area (Å²) >= 11 is 0. The maximum atomic E-state index is 12.7. The molecule has 2 bridgehead atoms. The number of likely N-dealkylation sites (N-methyl/N-ethyl adjacent to an activating group) is 1. The van der Waals surface area contributed by atoms with Crippen molar-refractivity contribution in [2.75, 3.05) is 27.2 Å². The molecule has 106 valence electrons. The summed E-state index contributed by atoms with van der Waals surface area (Å²) in [6.45, 7) is 5.04. The molecular weight excluding hydrogens is 244 g/mol. The molecule has 0 aromatic rings. The second kappa shape index (κ2) is 3.79. The van der Waals surface area contributed by atoms with Crippen molar-refractivity contribution in [2.45, 2.75) is 38.9 Å². The lowest BCUT2D eigenvalue weighted by Gasteiger charge is -2.36. The number of rotatable bonds is 3. The number of likely N-dealkylation sites (tertiary alicyclic amines) is 1. The van der Waals surface area contributed by atoms with Gasteiger partial charge in [-0.25, -0.2) is 0 Å². The summed E-state index contributed by atoms with van der Waals surface area (Å²) < 4.78 is 5.88. The van der Waals surface area contributed by atoms with E-state index in [0.717, 1.165) is 12.8 Å². The summed E-state index contributed by atoms with van der Waals surface area (Å²) in [7, 11) is 3.89. The molecule has 0 aromatic carbocycles. The van der Waals surface area contributed by atoms with E-state index in [0.29, 0.717) is 13.1 Å². The van der Waals surface area contributed by atoms with Crippen LogP contribution in [0.5, 0.6) is 0 Å². The number of amides is 2. The summed E-state index contributed by atoms with van der Waals surface area (Å²) in [6.07, 6.45) is 1.64. The zero-order valence-corrected chi connectivity index (χ0v) is 12.1. The number of hydrogen-bond acceptors (Lipinski definition) is 4. The Morgan fingerprint density at radius 2 is 1.63 bits per heavy atom. The van der Waals surface area contributed by atoms with Gasteiger partial charge in [0.05, 0.1) is 23.0 Å². The van der Waals surface area contributed by atoms with Gasteiger partial charge in [-0.05, 0) is 40.8 Å². The fourth-order valence-electron chi connectivity index (χ4n) is 4.03. The van der Waals surface area contributed by atoms with Gasteiger partial charge in [-0.1, -0.05) is 0 Å². The standard InChI is InChI=1S/C14H22N2O3/c1-13-9-5-6-10(19-9)14(13,2)12(18)16(11(13)17)8-7-15(3)4/h9-10H,5-8H2,1-4H3/t9-,10-,13-,14+/m0/s1. The fraction of sp³-hybridized carbons (Fsp3) is 0.857. The Kier molecular flexibility index (Phi) is 2.61. The van der Waals surface area contributed by atoms with Gasteiger partial charge in [0.25, 0.3) is 0 Å². The zero-order valence-electron chi connectivity index (χ0n) is 12.1. The Labute approximate surface area is 113 Å².